The molecule has 1 aliphatic carbocycles. The van der Waals surface area contributed by atoms with Crippen LogP contribution in [0, 0.1) is 5.41 Å². The number of piperidine rings is 1. The lowest BCUT2D eigenvalue weighted by atomic mass is 9.80. The molecule has 0 bridgehead atoms. The number of hydrogen-bond donors (Lipinski definition) is 5. The van der Waals surface area contributed by atoms with Crippen molar-refractivity contribution in [3.8, 4) is 0 Å². The van der Waals surface area contributed by atoms with Crippen molar-refractivity contribution in [1.29, 1.82) is 0 Å². The van der Waals surface area contributed by atoms with Crippen LogP contribution in [-0.4, -0.2) is 63.9 Å². The number of unbranched alkanes of at least 4 members (excludes halogenated alkanes) is 2. The Morgan fingerprint density at radius 1 is 0.900 bits per heavy atom. The van der Waals surface area contributed by atoms with E-state index in [4.69, 9.17) is 20.4 Å². The van der Waals surface area contributed by atoms with Gasteiger partial charge in [-0.25, -0.2) is 4.79 Å². The minimum atomic E-state index is -1.08. The lowest BCUT2D eigenvalue weighted by Gasteiger charge is -2.30. The topological polar surface area (TPSA) is 164 Å². The van der Waals surface area contributed by atoms with Crippen molar-refractivity contribution in [3.63, 3.8) is 0 Å². The van der Waals surface area contributed by atoms with Crippen LogP contribution >= 0.6 is 0 Å². The molecule has 1 fully saturated rings. The third-order valence-corrected chi connectivity index (χ3v) is 6.56. The Balaban J connectivity index is 0.000000313. The molecule has 0 radical (unpaired) electrons. The average Bonchev–Trinajstić information content (AvgIpc) is 2.92. The third-order valence-electron chi connectivity index (χ3n) is 6.56. The van der Waals surface area contributed by atoms with E-state index in [1.807, 2.05) is 0 Å². The molecule has 3 rings (SSSR count). The Bertz CT molecular complexity index is 1010. The molecule has 1 unspecified atom stereocenters. The first-order valence-electron chi connectivity index (χ1n) is 13.9. The van der Waals surface area contributed by atoms with Gasteiger partial charge in [-0.15, -0.1) is 0 Å². The van der Waals surface area contributed by atoms with Gasteiger partial charge in [0.2, 0.25) is 0 Å². The molecule has 0 amide bonds. The lowest BCUT2D eigenvalue weighted by molar-refractivity contribution is -0.145. The van der Waals surface area contributed by atoms with Crippen LogP contribution in [0.5, 0.6) is 0 Å². The van der Waals surface area contributed by atoms with Gasteiger partial charge in [0.15, 0.2) is 0 Å². The van der Waals surface area contributed by atoms with E-state index in [-0.39, 0.29) is 24.8 Å². The van der Waals surface area contributed by atoms with E-state index in [0.29, 0.717) is 12.8 Å². The maximum Gasteiger partial charge on any atom is 0.331 e. The van der Waals surface area contributed by atoms with E-state index in [1.54, 1.807) is 0 Å². The van der Waals surface area contributed by atoms with E-state index < -0.39 is 29.3 Å². The zero-order chi connectivity index (χ0) is 30.0. The first-order valence-corrected chi connectivity index (χ1v) is 13.9. The fourth-order valence-corrected chi connectivity index (χ4v) is 4.17. The summed E-state index contributed by atoms with van der Waals surface area (Å²) < 4.78 is 0. The summed E-state index contributed by atoms with van der Waals surface area (Å²) in [6.07, 6.45) is 12.0. The molecule has 0 aromatic heterocycles. The molecule has 1 aliphatic heterocycles. The molecule has 0 saturated carbocycles. The van der Waals surface area contributed by atoms with Gasteiger partial charge in [0.1, 0.15) is 0 Å². The molecular formula is C30H44N2O8. The van der Waals surface area contributed by atoms with Gasteiger partial charge in [-0.3, -0.25) is 14.4 Å². The maximum atomic E-state index is 10.8. The van der Waals surface area contributed by atoms with E-state index in [9.17, 15) is 19.2 Å². The summed E-state index contributed by atoms with van der Waals surface area (Å²) in [4.78, 5) is 43.7. The number of hydrogen-bond acceptors (Lipinski definition) is 6. The van der Waals surface area contributed by atoms with Crippen molar-refractivity contribution in [3.05, 3.63) is 48.1 Å². The standard InChI is InChI=1S/C15H24N2.C9H10O4.C6H10O4/c1-2-3-11-16-14-9-5-6-10-15(14)17-12-7-4-8-13-17;1-9(8(12)13)4-2-3-6(5-9)7(10)11;7-5(8)3-1-2-4-6(9)10/h5-6,9-10,16H,2-4,7-8,11-13H2,1H3;2-4H,5H2,1H3,(H,10,11)(H,12,13);1-4H2,(H,7,8)(H,9,10). The highest BCUT2D eigenvalue weighted by atomic mass is 16.4. The minimum absolute atomic E-state index is 0.0359. The second-order valence-corrected chi connectivity index (χ2v) is 10.1. The number of carboxylic acids is 4. The fourth-order valence-electron chi connectivity index (χ4n) is 4.17. The van der Waals surface area contributed by atoms with Crippen molar-refractivity contribution in [2.75, 3.05) is 29.9 Å². The van der Waals surface area contributed by atoms with E-state index in [1.165, 1.54) is 81.7 Å². The van der Waals surface area contributed by atoms with Crippen molar-refractivity contribution in [2.24, 2.45) is 5.41 Å². The fraction of sp³-hybridized carbons (Fsp3) is 0.533. The summed E-state index contributed by atoms with van der Waals surface area (Å²) in [5, 5.41) is 37.3. The van der Waals surface area contributed by atoms with Crippen molar-refractivity contribution in [2.45, 2.75) is 78.1 Å². The van der Waals surface area contributed by atoms with E-state index >= 15 is 0 Å². The van der Waals surface area contributed by atoms with Crippen LogP contribution in [0.1, 0.15) is 78.1 Å². The van der Waals surface area contributed by atoms with Crippen LogP contribution in [0.4, 0.5) is 11.4 Å². The monoisotopic (exact) mass is 560 g/mol. The Labute approximate surface area is 236 Å². The molecular weight excluding hydrogens is 516 g/mol. The number of rotatable bonds is 12. The molecule has 1 atom stereocenters. The van der Waals surface area contributed by atoms with Gasteiger partial charge in [0.25, 0.3) is 0 Å². The van der Waals surface area contributed by atoms with Crippen LogP contribution < -0.4 is 10.2 Å². The largest absolute Gasteiger partial charge is 0.481 e. The summed E-state index contributed by atoms with van der Waals surface area (Å²) in [6.45, 7) is 7.25. The second-order valence-electron chi connectivity index (χ2n) is 10.1. The normalized spacial score (nSPS) is 17.8. The third kappa shape index (κ3) is 13.3. The number of carbonyl (C=O) groups is 4. The van der Waals surface area contributed by atoms with Gasteiger partial charge in [-0.2, -0.15) is 0 Å². The smallest absolute Gasteiger partial charge is 0.331 e. The van der Waals surface area contributed by atoms with Gasteiger partial charge in [0.05, 0.1) is 16.8 Å². The van der Waals surface area contributed by atoms with Gasteiger partial charge in [0, 0.05) is 38.0 Å². The minimum Gasteiger partial charge on any atom is -0.481 e. The highest BCUT2D eigenvalue weighted by Crippen LogP contribution is 2.31. The van der Waals surface area contributed by atoms with Crippen LogP contribution in [0.3, 0.4) is 0 Å². The lowest BCUT2D eigenvalue weighted by Crippen LogP contribution is -2.30. The molecule has 5 N–H and O–H groups in total. The first-order chi connectivity index (χ1) is 19.0. The molecule has 1 aromatic carbocycles. The predicted molar refractivity (Wildman–Crippen MR) is 155 cm³/mol. The van der Waals surface area contributed by atoms with E-state index in [0.717, 1.165) is 6.54 Å². The first kappa shape index (κ1) is 34.2. The molecule has 1 saturated heterocycles. The molecule has 2 aliphatic rings. The number of allylic oxidation sites excluding steroid dienone is 2. The highest BCUT2D eigenvalue weighted by molar-refractivity contribution is 5.90. The Kier molecular flexibility index (Phi) is 15.8. The maximum absolute atomic E-state index is 10.8. The molecule has 1 aromatic rings. The van der Waals surface area contributed by atoms with E-state index in [2.05, 4.69) is 41.4 Å². The predicted octanol–water partition coefficient (Wildman–Crippen LogP) is 5.65. The second kappa shape index (κ2) is 18.5. The quantitative estimate of drug-likeness (QED) is 0.202. The van der Waals surface area contributed by atoms with Gasteiger partial charge in [-0.05, 0) is 64.0 Å². The van der Waals surface area contributed by atoms with Crippen LogP contribution in [0.25, 0.3) is 0 Å². The molecule has 40 heavy (non-hydrogen) atoms. The van der Waals surface area contributed by atoms with Crippen LogP contribution in [-0.2, 0) is 19.2 Å². The van der Waals surface area contributed by atoms with Gasteiger partial charge in [-0.1, -0.05) is 43.7 Å². The molecule has 10 nitrogen and oxygen atoms in total. The van der Waals surface area contributed by atoms with Crippen molar-refractivity contribution in [1.82, 2.24) is 0 Å². The summed E-state index contributed by atoms with van der Waals surface area (Å²) in [6, 6.07) is 8.73. The van der Waals surface area contributed by atoms with Crippen LogP contribution in [0.15, 0.2) is 48.1 Å². The zero-order valence-electron chi connectivity index (χ0n) is 23.6. The summed E-state index contributed by atoms with van der Waals surface area (Å²) >= 11 is 0. The van der Waals surface area contributed by atoms with Gasteiger partial charge >= 0.3 is 23.9 Å². The number of carboxylic acid groups (broad SMARTS) is 4. The van der Waals surface area contributed by atoms with Gasteiger partial charge < -0.3 is 30.6 Å². The molecule has 222 valence electrons. The van der Waals surface area contributed by atoms with Crippen LogP contribution in [0.2, 0.25) is 0 Å². The SMILES string of the molecule is CC1(C(=O)O)C=CC=C(C(=O)O)C1.CCCCNc1ccccc1N1CCCCC1.O=C(O)CCCCC(=O)O. The number of nitrogens with one attached hydrogen (secondary N) is 1. The zero-order valence-corrected chi connectivity index (χ0v) is 23.6. The Hall–Kier alpha value is -3.82. The average molecular weight is 561 g/mol. The summed E-state index contributed by atoms with van der Waals surface area (Å²) in [5.74, 6) is -3.80. The molecule has 0 spiro atoms. The number of para-hydroxylation sites is 2. The van der Waals surface area contributed by atoms with Crippen molar-refractivity contribution < 1.29 is 39.6 Å². The number of aliphatic carboxylic acids is 4. The number of anilines is 2. The Morgan fingerprint density at radius 3 is 2.02 bits per heavy atom. The highest BCUT2D eigenvalue weighted by Gasteiger charge is 2.34. The number of benzene rings is 1. The molecule has 1 heterocycles. The molecule has 10 heteroatoms. The number of nitrogens with zero attached hydrogens (tertiary/aromatic N) is 1. The van der Waals surface area contributed by atoms with Crippen molar-refractivity contribution >= 4 is 35.3 Å². The Morgan fingerprint density at radius 2 is 1.50 bits per heavy atom. The summed E-state index contributed by atoms with van der Waals surface area (Å²) in [5.41, 5.74) is 1.75. The summed E-state index contributed by atoms with van der Waals surface area (Å²) in [7, 11) is 0.